The van der Waals surface area contributed by atoms with Gasteiger partial charge in [-0.1, -0.05) is 6.42 Å². The number of carbonyl (C=O) groups excluding carboxylic acids is 1. The zero-order chi connectivity index (χ0) is 23.2. The molecular formula is C25H33N5O3. The van der Waals surface area contributed by atoms with Gasteiger partial charge in [0.05, 0.1) is 29.7 Å². The number of fused-ring (bicyclic) bond motifs is 1. The monoisotopic (exact) mass is 451 g/mol. The van der Waals surface area contributed by atoms with Crippen molar-refractivity contribution in [2.75, 3.05) is 38.1 Å². The van der Waals surface area contributed by atoms with E-state index in [1.807, 2.05) is 17.6 Å². The number of aromatic hydroxyl groups is 1. The van der Waals surface area contributed by atoms with Crippen molar-refractivity contribution in [3.63, 3.8) is 0 Å². The van der Waals surface area contributed by atoms with Gasteiger partial charge in [0, 0.05) is 12.2 Å². The Morgan fingerprint density at radius 3 is 2.76 bits per heavy atom. The second-order valence-corrected chi connectivity index (χ2v) is 8.55. The minimum atomic E-state index is -0.361. The van der Waals surface area contributed by atoms with E-state index in [0.29, 0.717) is 30.4 Å². The highest BCUT2D eigenvalue weighted by molar-refractivity contribution is 5.94. The summed E-state index contributed by atoms with van der Waals surface area (Å²) in [7, 11) is 0. The molecule has 0 amide bonds. The first-order valence-corrected chi connectivity index (χ1v) is 11.8. The fourth-order valence-electron chi connectivity index (χ4n) is 4.31. The van der Waals surface area contributed by atoms with Crippen LogP contribution in [-0.4, -0.2) is 63.3 Å². The number of nitrogens with one attached hydrogen (secondary N) is 1. The Hall–Kier alpha value is -3.13. The summed E-state index contributed by atoms with van der Waals surface area (Å²) in [4.78, 5) is 24.1. The molecule has 33 heavy (non-hydrogen) atoms. The van der Waals surface area contributed by atoms with Crippen LogP contribution in [0.1, 0.15) is 54.4 Å². The maximum absolute atomic E-state index is 12.3. The van der Waals surface area contributed by atoms with Gasteiger partial charge >= 0.3 is 5.97 Å². The quantitative estimate of drug-likeness (QED) is 0.376. The molecule has 0 spiro atoms. The molecule has 2 aromatic heterocycles. The molecule has 4 rings (SSSR count). The van der Waals surface area contributed by atoms with Crippen molar-refractivity contribution in [2.24, 2.45) is 0 Å². The first kappa shape index (κ1) is 23.0. The average molecular weight is 452 g/mol. The predicted octanol–water partition coefficient (Wildman–Crippen LogP) is 3.96. The lowest BCUT2D eigenvalue weighted by atomic mass is 10.1. The highest BCUT2D eigenvalue weighted by Crippen LogP contribution is 2.25. The van der Waals surface area contributed by atoms with Crippen LogP contribution >= 0.6 is 0 Å². The molecule has 1 aliphatic rings. The first-order chi connectivity index (χ1) is 16.0. The molecule has 0 atom stereocenters. The van der Waals surface area contributed by atoms with Crippen molar-refractivity contribution in [3.8, 4) is 5.75 Å². The third-order valence-corrected chi connectivity index (χ3v) is 6.04. The average Bonchev–Trinajstić information content (AvgIpc) is 3.16. The minimum absolute atomic E-state index is 0.139. The van der Waals surface area contributed by atoms with E-state index in [9.17, 15) is 9.90 Å². The molecule has 0 radical (unpaired) electrons. The van der Waals surface area contributed by atoms with Crippen LogP contribution in [0.2, 0.25) is 0 Å². The van der Waals surface area contributed by atoms with Crippen LogP contribution in [0, 0.1) is 6.92 Å². The van der Waals surface area contributed by atoms with E-state index in [1.165, 1.54) is 32.4 Å². The Labute approximate surface area is 194 Å². The molecule has 0 saturated carbocycles. The van der Waals surface area contributed by atoms with Gasteiger partial charge < -0.3 is 24.6 Å². The Balaban J connectivity index is 1.58. The van der Waals surface area contributed by atoms with E-state index in [2.05, 4.69) is 15.2 Å². The van der Waals surface area contributed by atoms with Crippen molar-refractivity contribution in [3.05, 3.63) is 47.3 Å². The number of carbonyl (C=O) groups is 1. The van der Waals surface area contributed by atoms with Crippen LogP contribution in [-0.2, 0) is 11.3 Å². The predicted molar refractivity (Wildman–Crippen MR) is 129 cm³/mol. The Morgan fingerprint density at radius 2 is 1.97 bits per heavy atom. The number of benzene rings is 1. The molecule has 0 unspecified atom stereocenters. The number of piperidine rings is 1. The van der Waals surface area contributed by atoms with Crippen LogP contribution in [0.25, 0.3) is 11.0 Å². The van der Waals surface area contributed by atoms with Crippen LogP contribution in [0.15, 0.2) is 30.3 Å². The van der Waals surface area contributed by atoms with Crippen molar-refractivity contribution in [2.45, 2.75) is 46.1 Å². The summed E-state index contributed by atoms with van der Waals surface area (Å²) in [6.07, 6.45) is 4.94. The van der Waals surface area contributed by atoms with E-state index in [4.69, 9.17) is 9.72 Å². The highest BCUT2D eigenvalue weighted by atomic mass is 16.5. The summed E-state index contributed by atoms with van der Waals surface area (Å²) in [6.45, 7) is 8.58. The van der Waals surface area contributed by atoms with E-state index in [-0.39, 0.29) is 11.7 Å². The smallest absolute Gasteiger partial charge is 0.338 e. The number of anilines is 1. The Bertz CT molecular complexity index is 1100. The van der Waals surface area contributed by atoms with Crippen LogP contribution in [0.5, 0.6) is 5.75 Å². The van der Waals surface area contributed by atoms with E-state index in [0.717, 1.165) is 36.2 Å². The highest BCUT2D eigenvalue weighted by Gasteiger charge is 2.17. The van der Waals surface area contributed by atoms with Gasteiger partial charge in [0.2, 0.25) is 5.95 Å². The number of hydrogen-bond donors (Lipinski definition) is 2. The zero-order valence-corrected chi connectivity index (χ0v) is 19.5. The van der Waals surface area contributed by atoms with Crippen molar-refractivity contribution < 1.29 is 14.6 Å². The number of aromatic nitrogens is 3. The van der Waals surface area contributed by atoms with Crippen molar-refractivity contribution in [1.82, 2.24) is 19.4 Å². The van der Waals surface area contributed by atoms with Crippen LogP contribution in [0.4, 0.5) is 5.95 Å². The molecule has 3 aromatic rings. The standard InChI is InChI=1S/C25H33N5O3/c1-3-33-24(32)19-9-10-20-22(16-19)30(17-21-23(31)11-8-18(2)27-21)25(28-20)26-12-7-15-29-13-5-4-6-14-29/h8-11,16,31H,3-7,12-15,17H2,1-2H3,(H,26,28). The Morgan fingerprint density at radius 1 is 1.15 bits per heavy atom. The van der Waals surface area contributed by atoms with Gasteiger partial charge in [-0.2, -0.15) is 0 Å². The number of pyridine rings is 1. The number of aryl methyl sites for hydroxylation is 1. The Kier molecular flexibility index (Phi) is 7.44. The van der Waals surface area contributed by atoms with Crippen molar-refractivity contribution in [1.29, 1.82) is 0 Å². The number of hydrogen-bond acceptors (Lipinski definition) is 7. The third kappa shape index (κ3) is 5.63. The van der Waals surface area contributed by atoms with E-state index >= 15 is 0 Å². The number of esters is 1. The number of nitrogens with zero attached hydrogens (tertiary/aromatic N) is 4. The van der Waals surface area contributed by atoms with Gasteiger partial charge in [-0.3, -0.25) is 4.98 Å². The fourth-order valence-corrected chi connectivity index (χ4v) is 4.31. The van der Waals surface area contributed by atoms with Gasteiger partial charge in [-0.25, -0.2) is 9.78 Å². The van der Waals surface area contributed by atoms with Crippen LogP contribution in [0.3, 0.4) is 0 Å². The SMILES string of the molecule is CCOC(=O)c1ccc2nc(NCCCN3CCCCC3)n(Cc3nc(C)ccc3O)c2c1. The molecule has 2 N–H and O–H groups in total. The molecule has 176 valence electrons. The molecular weight excluding hydrogens is 418 g/mol. The minimum Gasteiger partial charge on any atom is -0.506 e. The van der Waals surface area contributed by atoms with Gasteiger partial charge in [-0.15, -0.1) is 0 Å². The summed E-state index contributed by atoms with van der Waals surface area (Å²) in [5.41, 5.74) is 3.43. The lowest BCUT2D eigenvalue weighted by Gasteiger charge is -2.26. The maximum Gasteiger partial charge on any atom is 0.338 e. The molecule has 1 aromatic carbocycles. The number of likely N-dealkylation sites (tertiary alicyclic amines) is 1. The summed E-state index contributed by atoms with van der Waals surface area (Å²) >= 11 is 0. The van der Waals surface area contributed by atoms with Gasteiger partial charge in [0.1, 0.15) is 11.4 Å². The summed E-state index contributed by atoms with van der Waals surface area (Å²) in [6, 6.07) is 8.81. The lowest BCUT2D eigenvalue weighted by molar-refractivity contribution is 0.0526. The molecule has 0 aliphatic carbocycles. The van der Waals surface area contributed by atoms with E-state index < -0.39 is 0 Å². The topological polar surface area (TPSA) is 92.5 Å². The number of rotatable bonds is 9. The molecule has 1 aliphatic heterocycles. The van der Waals surface area contributed by atoms with Gasteiger partial charge in [0.15, 0.2) is 0 Å². The maximum atomic E-state index is 12.3. The number of ether oxygens (including phenoxy) is 1. The van der Waals surface area contributed by atoms with Crippen molar-refractivity contribution >= 4 is 23.0 Å². The van der Waals surface area contributed by atoms with Gasteiger partial charge in [-0.05, 0) is 83.1 Å². The second-order valence-electron chi connectivity index (χ2n) is 8.55. The molecule has 3 heterocycles. The largest absolute Gasteiger partial charge is 0.506 e. The normalized spacial score (nSPS) is 14.5. The molecule has 8 heteroatoms. The molecule has 1 saturated heterocycles. The molecule has 8 nitrogen and oxygen atoms in total. The summed E-state index contributed by atoms with van der Waals surface area (Å²) in [5.74, 6) is 0.479. The lowest BCUT2D eigenvalue weighted by Crippen LogP contribution is -2.31. The summed E-state index contributed by atoms with van der Waals surface area (Å²) < 4.78 is 7.15. The second kappa shape index (κ2) is 10.7. The number of imidazole rings is 1. The van der Waals surface area contributed by atoms with E-state index in [1.54, 1.807) is 31.2 Å². The van der Waals surface area contributed by atoms with Crippen LogP contribution < -0.4 is 5.32 Å². The first-order valence-electron chi connectivity index (χ1n) is 11.8. The molecule has 0 bridgehead atoms. The zero-order valence-electron chi connectivity index (χ0n) is 19.5. The third-order valence-electron chi connectivity index (χ3n) is 6.04. The summed E-state index contributed by atoms with van der Waals surface area (Å²) in [5, 5.41) is 13.8. The fraction of sp³-hybridized carbons (Fsp3) is 0.480. The molecule has 1 fully saturated rings. The van der Waals surface area contributed by atoms with Gasteiger partial charge in [0.25, 0.3) is 0 Å².